The van der Waals surface area contributed by atoms with Gasteiger partial charge in [-0.3, -0.25) is 0 Å². The Morgan fingerprint density at radius 3 is 2.16 bits per heavy atom. The van der Waals surface area contributed by atoms with Gasteiger partial charge < -0.3 is 16.0 Å². The van der Waals surface area contributed by atoms with E-state index in [4.69, 9.17) is 5.73 Å². The molecule has 0 aliphatic carbocycles. The number of hydrogen-bond donors (Lipinski definition) is 2. The predicted molar refractivity (Wildman–Crippen MR) is 107 cm³/mol. The molecule has 1 heterocycles. The van der Waals surface area contributed by atoms with Gasteiger partial charge in [0.1, 0.15) is 12.0 Å². The first-order valence-electron chi connectivity index (χ1n) is 9.01. The normalized spacial score (nSPS) is 11.2. The largest absolute Gasteiger partial charge is 0.393 e. The quantitative estimate of drug-likeness (QED) is 0.757. The van der Waals surface area contributed by atoms with Crippen molar-refractivity contribution < 1.29 is 0 Å². The average molecular weight is 342 g/mol. The zero-order chi connectivity index (χ0) is 18.4. The van der Waals surface area contributed by atoms with Gasteiger partial charge in [-0.25, -0.2) is 9.97 Å². The molecule has 5 heteroatoms. The third-order valence-corrected chi connectivity index (χ3v) is 3.91. The van der Waals surface area contributed by atoms with Gasteiger partial charge in [0.05, 0.1) is 0 Å². The molecule has 0 radical (unpaired) electrons. The predicted octanol–water partition coefficient (Wildman–Crippen LogP) is 4.10. The lowest BCUT2D eigenvalue weighted by Crippen LogP contribution is -2.33. The standard InChI is InChI=1S/C20H31N5/c1-14(2)11-25(12-15(3)4)20-18(21)19(23-13-24-20)22-10-17-8-6-16(5)7-9-17/h6-9,13-15H,10-12,21H2,1-5H3,(H,22,23,24). The number of nitrogen functional groups attached to an aromatic ring is 1. The van der Waals surface area contributed by atoms with Crippen LogP contribution in [-0.2, 0) is 6.54 Å². The van der Waals surface area contributed by atoms with E-state index in [1.165, 1.54) is 11.1 Å². The first-order chi connectivity index (χ1) is 11.9. The maximum Gasteiger partial charge on any atom is 0.157 e. The van der Waals surface area contributed by atoms with Gasteiger partial charge in [-0.05, 0) is 24.3 Å². The van der Waals surface area contributed by atoms with Crippen LogP contribution in [0.5, 0.6) is 0 Å². The van der Waals surface area contributed by atoms with Gasteiger partial charge in [0, 0.05) is 19.6 Å². The van der Waals surface area contributed by atoms with E-state index in [0.717, 1.165) is 18.9 Å². The van der Waals surface area contributed by atoms with Crippen molar-refractivity contribution in [2.45, 2.75) is 41.2 Å². The molecule has 3 N–H and O–H groups in total. The smallest absolute Gasteiger partial charge is 0.157 e. The summed E-state index contributed by atoms with van der Waals surface area (Å²) in [5.74, 6) is 2.60. The van der Waals surface area contributed by atoms with Crippen molar-refractivity contribution in [1.29, 1.82) is 0 Å². The molecule has 1 aromatic carbocycles. The Morgan fingerprint density at radius 2 is 1.60 bits per heavy atom. The van der Waals surface area contributed by atoms with E-state index >= 15 is 0 Å². The molecule has 2 aromatic rings. The van der Waals surface area contributed by atoms with Crippen LogP contribution in [0.3, 0.4) is 0 Å². The number of nitrogens with zero attached hydrogens (tertiary/aromatic N) is 3. The number of benzene rings is 1. The van der Waals surface area contributed by atoms with Crippen molar-refractivity contribution in [1.82, 2.24) is 9.97 Å². The molecule has 0 amide bonds. The topological polar surface area (TPSA) is 67.1 Å². The second-order valence-electron chi connectivity index (χ2n) is 7.49. The highest BCUT2D eigenvalue weighted by Gasteiger charge is 2.17. The van der Waals surface area contributed by atoms with Crippen LogP contribution in [0.15, 0.2) is 30.6 Å². The molecule has 0 saturated carbocycles. The molecule has 0 unspecified atom stereocenters. The minimum Gasteiger partial charge on any atom is -0.393 e. The van der Waals surface area contributed by atoms with Crippen molar-refractivity contribution in [2.75, 3.05) is 29.0 Å². The van der Waals surface area contributed by atoms with E-state index in [-0.39, 0.29) is 0 Å². The highest BCUT2D eigenvalue weighted by Crippen LogP contribution is 2.27. The summed E-state index contributed by atoms with van der Waals surface area (Å²) in [6.45, 7) is 13.5. The van der Waals surface area contributed by atoms with E-state index in [2.05, 4.69) is 79.1 Å². The molecular weight excluding hydrogens is 310 g/mol. The van der Waals surface area contributed by atoms with Crippen LogP contribution in [0.1, 0.15) is 38.8 Å². The molecular formula is C20H31N5. The summed E-state index contributed by atoms with van der Waals surface area (Å²) in [5, 5.41) is 3.35. The van der Waals surface area contributed by atoms with Gasteiger partial charge in [0.15, 0.2) is 11.6 Å². The summed E-state index contributed by atoms with van der Waals surface area (Å²) in [6, 6.07) is 8.45. The van der Waals surface area contributed by atoms with Gasteiger partial charge in [-0.15, -0.1) is 0 Å². The lowest BCUT2D eigenvalue weighted by molar-refractivity contribution is 0.549. The molecule has 2 rings (SSSR count). The number of hydrogen-bond acceptors (Lipinski definition) is 5. The molecule has 0 aliphatic rings. The third-order valence-electron chi connectivity index (χ3n) is 3.91. The molecule has 25 heavy (non-hydrogen) atoms. The fraction of sp³-hybridized carbons (Fsp3) is 0.500. The number of anilines is 3. The third kappa shape index (κ3) is 5.62. The maximum absolute atomic E-state index is 6.39. The summed E-state index contributed by atoms with van der Waals surface area (Å²) >= 11 is 0. The molecule has 0 atom stereocenters. The Bertz CT molecular complexity index is 654. The second kappa shape index (κ2) is 8.70. The summed E-state index contributed by atoms with van der Waals surface area (Å²) in [7, 11) is 0. The number of nitrogens with two attached hydrogens (primary N) is 1. The zero-order valence-electron chi connectivity index (χ0n) is 16.1. The lowest BCUT2D eigenvalue weighted by Gasteiger charge is -2.28. The molecule has 0 bridgehead atoms. The minimum atomic E-state index is 0.539. The minimum absolute atomic E-state index is 0.539. The van der Waals surface area contributed by atoms with Gasteiger partial charge >= 0.3 is 0 Å². The Balaban J connectivity index is 2.17. The Hall–Kier alpha value is -2.30. The summed E-state index contributed by atoms with van der Waals surface area (Å²) < 4.78 is 0. The van der Waals surface area contributed by atoms with Crippen molar-refractivity contribution in [3.8, 4) is 0 Å². The van der Waals surface area contributed by atoms with Crippen LogP contribution in [0.4, 0.5) is 17.3 Å². The summed E-state index contributed by atoms with van der Waals surface area (Å²) in [4.78, 5) is 11.1. The molecule has 1 aromatic heterocycles. The van der Waals surface area contributed by atoms with E-state index in [0.29, 0.717) is 29.9 Å². The first kappa shape index (κ1) is 19.0. The van der Waals surface area contributed by atoms with E-state index in [1.807, 2.05) is 0 Å². The Labute approximate surface area is 151 Å². The highest BCUT2D eigenvalue weighted by atomic mass is 15.2. The number of nitrogens with one attached hydrogen (secondary N) is 1. The van der Waals surface area contributed by atoms with Crippen molar-refractivity contribution in [2.24, 2.45) is 11.8 Å². The van der Waals surface area contributed by atoms with Crippen molar-refractivity contribution >= 4 is 17.3 Å². The van der Waals surface area contributed by atoms with Crippen LogP contribution >= 0.6 is 0 Å². The highest BCUT2D eigenvalue weighted by molar-refractivity contribution is 5.74. The Morgan fingerprint density at radius 1 is 1.00 bits per heavy atom. The fourth-order valence-electron chi connectivity index (χ4n) is 2.80. The number of aryl methyl sites for hydroxylation is 1. The summed E-state index contributed by atoms with van der Waals surface area (Å²) in [6.07, 6.45) is 1.59. The van der Waals surface area contributed by atoms with Crippen LogP contribution < -0.4 is 16.0 Å². The molecule has 136 valence electrons. The maximum atomic E-state index is 6.39. The van der Waals surface area contributed by atoms with E-state index < -0.39 is 0 Å². The summed E-state index contributed by atoms with van der Waals surface area (Å²) in [5.41, 5.74) is 9.47. The zero-order valence-corrected chi connectivity index (χ0v) is 16.1. The second-order valence-corrected chi connectivity index (χ2v) is 7.49. The number of rotatable bonds is 8. The monoisotopic (exact) mass is 341 g/mol. The lowest BCUT2D eigenvalue weighted by atomic mass is 10.1. The first-order valence-corrected chi connectivity index (χ1v) is 9.01. The molecule has 0 fully saturated rings. The molecule has 0 saturated heterocycles. The Kier molecular flexibility index (Phi) is 6.62. The van der Waals surface area contributed by atoms with Crippen LogP contribution in [0, 0.1) is 18.8 Å². The van der Waals surface area contributed by atoms with E-state index in [1.54, 1.807) is 6.33 Å². The van der Waals surface area contributed by atoms with E-state index in [9.17, 15) is 0 Å². The SMILES string of the molecule is Cc1ccc(CNc2ncnc(N(CC(C)C)CC(C)C)c2N)cc1. The van der Waals surface area contributed by atoms with Gasteiger partial charge in [-0.2, -0.15) is 0 Å². The van der Waals surface area contributed by atoms with Crippen LogP contribution in [0.25, 0.3) is 0 Å². The molecule has 0 aliphatic heterocycles. The average Bonchev–Trinajstić information content (AvgIpc) is 2.54. The van der Waals surface area contributed by atoms with Gasteiger partial charge in [0.2, 0.25) is 0 Å². The van der Waals surface area contributed by atoms with Crippen LogP contribution in [0.2, 0.25) is 0 Å². The van der Waals surface area contributed by atoms with Gasteiger partial charge in [0.25, 0.3) is 0 Å². The van der Waals surface area contributed by atoms with Crippen molar-refractivity contribution in [3.05, 3.63) is 41.7 Å². The molecule has 5 nitrogen and oxygen atoms in total. The fourth-order valence-corrected chi connectivity index (χ4v) is 2.80. The number of aromatic nitrogens is 2. The van der Waals surface area contributed by atoms with Crippen LogP contribution in [-0.4, -0.2) is 23.1 Å². The van der Waals surface area contributed by atoms with Crippen molar-refractivity contribution in [3.63, 3.8) is 0 Å². The van der Waals surface area contributed by atoms with Gasteiger partial charge in [-0.1, -0.05) is 57.5 Å². The molecule has 0 spiro atoms.